The van der Waals surface area contributed by atoms with Crippen LogP contribution in [-0.4, -0.2) is 29.4 Å². The van der Waals surface area contributed by atoms with Crippen molar-refractivity contribution in [2.24, 2.45) is 0 Å². The van der Waals surface area contributed by atoms with Gasteiger partial charge in [-0.25, -0.2) is 13.1 Å². The van der Waals surface area contributed by atoms with E-state index in [0.29, 0.717) is 12.2 Å². The maximum absolute atomic E-state index is 12.0. The molecule has 9 heteroatoms. The van der Waals surface area contributed by atoms with Crippen LogP contribution in [0, 0.1) is 10.1 Å². The van der Waals surface area contributed by atoms with Gasteiger partial charge in [-0.3, -0.25) is 10.1 Å². The lowest BCUT2D eigenvalue weighted by Gasteiger charge is -2.13. The summed E-state index contributed by atoms with van der Waals surface area (Å²) in [6.07, 6.45) is 4.50. The molecule has 0 fully saturated rings. The van der Waals surface area contributed by atoms with Crippen LogP contribution in [0.25, 0.3) is 5.69 Å². The maximum atomic E-state index is 12.0. The second-order valence-electron chi connectivity index (χ2n) is 5.64. The average molecular weight is 372 g/mol. The van der Waals surface area contributed by atoms with Gasteiger partial charge in [-0.15, -0.1) is 0 Å². The highest BCUT2D eigenvalue weighted by Gasteiger charge is 2.18. The van der Waals surface area contributed by atoms with Gasteiger partial charge >= 0.3 is 0 Å². The topological polar surface area (TPSA) is 107 Å². The molecule has 0 aliphatic heterocycles. The molecule has 0 amide bonds. The highest BCUT2D eigenvalue weighted by Crippen LogP contribution is 2.27. The fourth-order valence-corrected chi connectivity index (χ4v) is 3.44. The molecule has 0 unspecified atom stereocenters. The Morgan fingerprint density at radius 1 is 1.19 bits per heavy atom. The van der Waals surface area contributed by atoms with Crippen molar-refractivity contribution in [3.8, 4) is 5.69 Å². The average Bonchev–Trinajstić information content (AvgIpc) is 3.13. The van der Waals surface area contributed by atoms with Gasteiger partial charge in [0.15, 0.2) is 9.84 Å². The van der Waals surface area contributed by atoms with Crippen LogP contribution in [0.3, 0.4) is 0 Å². The molecule has 0 saturated heterocycles. The van der Waals surface area contributed by atoms with Gasteiger partial charge in [0.1, 0.15) is 0 Å². The van der Waals surface area contributed by atoms with Crippen LogP contribution >= 0.6 is 0 Å². The second-order valence-corrected chi connectivity index (χ2v) is 7.63. The summed E-state index contributed by atoms with van der Waals surface area (Å²) in [7, 11) is -3.63. The lowest BCUT2D eigenvalue weighted by Crippen LogP contribution is -2.09. The number of hydrogen-bond acceptors (Lipinski definition) is 6. The van der Waals surface area contributed by atoms with E-state index in [-0.39, 0.29) is 10.6 Å². The number of nitro benzene ring substituents is 1. The Balaban J connectivity index is 1.93. The number of non-ortho nitro benzene ring substituents is 1. The standard InChI is InChI=1S/C17H16N4O4S/c1-26(24,25)17-11-14(21(22)23)7-8-15(17)18-12-13-5-2-3-6-16(13)20-10-4-9-19-20/h2-11,18H,12H2,1H3. The van der Waals surface area contributed by atoms with E-state index in [2.05, 4.69) is 10.4 Å². The van der Waals surface area contributed by atoms with E-state index in [0.717, 1.165) is 23.6 Å². The number of rotatable bonds is 6. The van der Waals surface area contributed by atoms with E-state index in [1.54, 1.807) is 10.9 Å². The van der Waals surface area contributed by atoms with E-state index >= 15 is 0 Å². The Morgan fingerprint density at radius 3 is 2.62 bits per heavy atom. The number of anilines is 1. The van der Waals surface area contributed by atoms with E-state index in [4.69, 9.17) is 0 Å². The van der Waals surface area contributed by atoms with Crippen molar-refractivity contribution < 1.29 is 13.3 Å². The van der Waals surface area contributed by atoms with Crippen LogP contribution in [0.4, 0.5) is 11.4 Å². The van der Waals surface area contributed by atoms with Crippen LogP contribution in [0.1, 0.15) is 5.56 Å². The van der Waals surface area contributed by atoms with Crippen LogP contribution < -0.4 is 5.32 Å². The number of aromatic nitrogens is 2. The molecule has 0 radical (unpaired) electrons. The molecule has 0 atom stereocenters. The molecular formula is C17H16N4O4S. The summed E-state index contributed by atoms with van der Waals surface area (Å²) in [6.45, 7) is 0.330. The molecule has 0 saturated carbocycles. The number of benzene rings is 2. The molecule has 26 heavy (non-hydrogen) atoms. The summed E-state index contributed by atoms with van der Waals surface area (Å²) in [4.78, 5) is 10.2. The lowest BCUT2D eigenvalue weighted by molar-refractivity contribution is -0.385. The summed E-state index contributed by atoms with van der Waals surface area (Å²) in [5.41, 5.74) is 1.79. The molecule has 2 aromatic carbocycles. The molecule has 0 spiro atoms. The fourth-order valence-electron chi connectivity index (χ4n) is 2.56. The molecule has 1 heterocycles. The predicted octanol–water partition coefficient (Wildman–Crippen LogP) is 2.80. The van der Waals surface area contributed by atoms with E-state index in [1.165, 1.54) is 12.1 Å². The molecule has 3 aromatic rings. The van der Waals surface area contributed by atoms with Gasteiger partial charge in [0.2, 0.25) is 0 Å². The summed E-state index contributed by atoms with van der Waals surface area (Å²) in [6, 6.07) is 13.1. The molecule has 3 rings (SSSR count). The van der Waals surface area contributed by atoms with Crippen molar-refractivity contribution in [3.05, 3.63) is 76.6 Å². The number of para-hydroxylation sites is 1. The molecule has 0 bridgehead atoms. The van der Waals surface area contributed by atoms with Gasteiger partial charge in [0, 0.05) is 37.3 Å². The Kier molecular flexibility index (Phi) is 4.72. The normalized spacial score (nSPS) is 11.3. The maximum Gasteiger partial charge on any atom is 0.270 e. The van der Waals surface area contributed by atoms with Crippen LogP contribution in [0.2, 0.25) is 0 Å². The van der Waals surface area contributed by atoms with Gasteiger partial charge in [0.05, 0.1) is 21.2 Å². The summed E-state index contributed by atoms with van der Waals surface area (Å²) in [5, 5.41) is 18.2. The number of nitrogens with zero attached hydrogens (tertiary/aromatic N) is 3. The third-order valence-electron chi connectivity index (χ3n) is 3.79. The van der Waals surface area contributed by atoms with Crippen molar-refractivity contribution in [3.63, 3.8) is 0 Å². The number of sulfone groups is 1. The first-order chi connectivity index (χ1) is 12.4. The first-order valence-electron chi connectivity index (χ1n) is 7.66. The van der Waals surface area contributed by atoms with Gasteiger partial charge in [-0.1, -0.05) is 18.2 Å². The van der Waals surface area contributed by atoms with Gasteiger partial charge in [-0.2, -0.15) is 5.10 Å². The predicted molar refractivity (Wildman–Crippen MR) is 97.1 cm³/mol. The second kappa shape index (κ2) is 6.96. The van der Waals surface area contributed by atoms with Gasteiger partial charge in [0.25, 0.3) is 5.69 Å². The molecular weight excluding hydrogens is 356 g/mol. The van der Waals surface area contributed by atoms with E-state index in [1.807, 2.05) is 36.5 Å². The minimum absolute atomic E-state index is 0.108. The molecule has 1 N–H and O–H groups in total. The smallest absolute Gasteiger partial charge is 0.270 e. The fraction of sp³-hybridized carbons (Fsp3) is 0.118. The summed E-state index contributed by atoms with van der Waals surface area (Å²) >= 11 is 0. The number of hydrogen-bond donors (Lipinski definition) is 1. The molecule has 134 valence electrons. The van der Waals surface area contributed by atoms with E-state index in [9.17, 15) is 18.5 Å². The first-order valence-corrected chi connectivity index (χ1v) is 9.56. The van der Waals surface area contributed by atoms with Crippen molar-refractivity contribution >= 4 is 21.2 Å². The Hall–Kier alpha value is -3.20. The SMILES string of the molecule is CS(=O)(=O)c1cc([N+](=O)[O-])ccc1NCc1ccccc1-n1cccn1. The van der Waals surface area contributed by atoms with Gasteiger partial charge in [-0.05, 0) is 23.8 Å². The zero-order valence-corrected chi connectivity index (χ0v) is 14.7. The van der Waals surface area contributed by atoms with Crippen molar-refractivity contribution in [2.45, 2.75) is 11.4 Å². The largest absolute Gasteiger partial charge is 0.380 e. The van der Waals surface area contributed by atoms with Crippen LogP contribution in [-0.2, 0) is 16.4 Å². The molecule has 0 aliphatic carbocycles. The zero-order chi connectivity index (χ0) is 18.7. The number of nitrogens with one attached hydrogen (secondary N) is 1. The minimum Gasteiger partial charge on any atom is -0.380 e. The third-order valence-corrected chi connectivity index (χ3v) is 4.92. The Morgan fingerprint density at radius 2 is 1.96 bits per heavy atom. The zero-order valence-electron chi connectivity index (χ0n) is 13.9. The quantitative estimate of drug-likeness (QED) is 0.527. The molecule has 0 aliphatic rings. The Bertz CT molecular complexity index is 1050. The summed E-state index contributed by atoms with van der Waals surface area (Å²) in [5.74, 6) is 0. The minimum atomic E-state index is -3.63. The number of nitro groups is 1. The first kappa shape index (κ1) is 17.6. The lowest BCUT2D eigenvalue weighted by atomic mass is 10.1. The van der Waals surface area contributed by atoms with E-state index < -0.39 is 14.8 Å². The van der Waals surface area contributed by atoms with Crippen LogP contribution in [0.15, 0.2) is 65.8 Å². The van der Waals surface area contributed by atoms with Crippen molar-refractivity contribution in [1.82, 2.24) is 9.78 Å². The monoisotopic (exact) mass is 372 g/mol. The molecule has 1 aromatic heterocycles. The van der Waals surface area contributed by atoms with Crippen LogP contribution in [0.5, 0.6) is 0 Å². The highest BCUT2D eigenvalue weighted by molar-refractivity contribution is 7.90. The third kappa shape index (κ3) is 3.72. The molecule has 8 nitrogen and oxygen atoms in total. The Labute approximate surface area is 150 Å². The van der Waals surface area contributed by atoms with Crippen molar-refractivity contribution in [2.75, 3.05) is 11.6 Å². The van der Waals surface area contributed by atoms with Crippen molar-refractivity contribution in [1.29, 1.82) is 0 Å². The summed E-state index contributed by atoms with van der Waals surface area (Å²) < 4.78 is 25.7. The van der Waals surface area contributed by atoms with Gasteiger partial charge < -0.3 is 5.32 Å². The highest BCUT2D eigenvalue weighted by atomic mass is 32.2.